The van der Waals surface area contributed by atoms with Gasteiger partial charge in [0.15, 0.2) is 6.04 Å². The van der Waals surface area contributed by atoms with Crippen LogP contribution in [0.25, 0.3) is 0 Å². The zero-order chi connectivity index (χ0) is 42.4. The molecular weight excluding hydrogens is 715 g/mol. The van der Waals surface area contributed by atoms with Crippen LogP contribution in [0, 0.1) is 36.0 Å². The molecule has 1 saturated heterocycles. The van der Waals surface area contributed by atoms with Crippen molar-refractivity contribution in [2.45, 2.75) is 123 Å². The van der Waals surface area contributed by atoms with Crippen LogP contribution in [0.5, 0.6) is 0 Å². The van der Waals surface area contributed by atoms with Crippen LogP contribution in [0.1, 0.15) is 79.7 Å². The highest BCUT2D eigenvalue weighted by molar-refractivity contribution is 5.91. The lowest BCUT2D eigenvalue weighted by atomic mass is 9.89. The number of terminal acetylenes is 1. The van der Waals surface area contributed by atoms with Gasteiger partial charge < -0.3 is 41.0 Å². The molecule has 0 radical (unpaired) electrons. The van der Waals surface area contributed by atoms with E-state index in [4.69, 9.17) is 21.6 Å². The van der Waals surface area contributed by atoms with Crippen LogP contribution in [0.4, 0.5) is 5.69 Å². The zero-order valence-electron chi connectivity index (χ0n) is 35.8. The summed E-state index contributed by atoms with van der Waals surface area (Å²) in [5, 5.41) is 8.43. The van der Waals surface area contributed by atoms with E-state index in [-0.39, 0.29) is 48.4 Å². The van der Waals surface area contributed by atoms with Crippen LogP contribution in [0.2, 0.25) is 0 Å². The summed E-state index contributed by atoms with van der Waals surface area (Å²) in [5.41, 5.74) is 7.17. The summed E-state index contributed by atoms with van der Waals surface area (Å²) >= 11 is 0. The van der Waals surface area contributed by atoms with Crippen LogP contribution < -0.4 is 21.7 Å². The lowest BCUT2D eigenvalue weighted by molar-refractivity contribution is -0.148. The number of hydrogen-bond donors (Lipinski definition) is 4. The topological polar surface area (TPSA) is 176 Å². The number of carbonyl (C=O) groups is 5. The normalized spacial score (nSPS) is 18.6. The molecule has 5 N–H and O–H groups in total. The van der Waals surface area contributed by atoms with Gasteiger partial charge in [0.1, 0.15) is 6.04 Å². The molecule has 14 nitrogen and oxygen atoms in total. The molecule has 1 aromatic rings. The Morgan fingerprint density at radius 3 is 2.05 bits per heavy atom. The first-order valence-corrected chi connectivity index (χ1v) is 19.8. The molecule has 1 unspecified atom stereocenters. The van der Waals surface area contributed by atoms with Gasteiger partial charge in [0.05, 0.1) is 42.7 Å². The zero-order valence-corrected chi connectivity index (χ0v) is 35.8. The SMILES string of the molecule is C#CC(NC(=O)[C@H](C)[C@@H](OC)[C@@H]1CCCN1C(=O)C[C@@H](OC)[C@H]([C@@H](C)CC)N(C)C(=O)[C@@H](NC(=O)[C@H](C(C)C)N(C)C)C(C)C)C(=O)NCc1ccc(N)cc1. The smallest absolute Gasteiger partial charge is 0.255 e. The molecule has 0 spiro atoms. The van der Waals surface area contributed by atoms with Crippen molar-refractivity contribution in [3.8, 4) is 12.3 Å². The minimum absolute atomic E-state index is 0.0151. The van der Waals surface area contributed by atoms with Crippen molar-refractivity contribution in [1.82, 2.24) is 30.7 Å². The van der Waals surface area contributed by atoms with E-state index in [9.17, 15) is 24.0 Å². The molecule has 9 atom stereocenters. The predicted octanol–water partition coefficient (Wildman–Crippen LogP) is 2.65. The van der Waals surface area contributed by atoms with Gasteiger partial charge in [-0.05, 0) is 62.4 Å². The summed E-state index contributed by atoms with van der Waals surface area (Å²) in [7, 11) is 8.44. The Hall–Kier alpha value is -4.19. The summed E-state index contributed by atoms with van der Waals surface area (Å²) in [6.45, 7) is 14.1. The van der Waals surface area contributed by atoms with Gasteiger partial charge in [-0.3, -0.25) is 28.9 Å². The minimum atomic E-state index is -1.22. The lowest BCUT2D eigenvalue weighted by Crippen LogP contribution is -2.59. The molecular formula is C42H69N7O7. The van der Waals surface area contributed by atoms with Crippen molar-refractivity contribution in [2.24, 2.45) is 23.7 Å². The Bertz CT molecular complexity index is 1490. The first kappa shape index (κ1) is 48.0. The number of ether oxygens (including phenoxy) is 2. The lowest BCUT2D eigenvalue weighted by Gasteiger charge is -2.41. The quantitative estimate of drug-likeness (QED) is 0.108. The number of rotatable bonds is 21. The molecule has 1 aliphatic rings. The fraction of sp³-hybridized carbons (Fsp3) is 0.690. The van der Waals surface area contributed by atoms with Gasteiger partial charge in [0.25, 0.3) is 5.91 Å². The maximum atomic E-state index is 14.2. The second-order valence-electron chi connectivity index (χ2n) is 16.0. The van der Waals surface area contributed by atoms with Crippen LogP contribution in [-0.2, 0) is 40.0 Å². The van der Waals surface area contributed by atoms with E-state index in [0.717, 1.165) is 5.56 Å². The van der Waals surface area contributed by atoms with Gasteiger partial charge >= 0.3 is 0 Å². The number of benzene rings is 1. The molecule has 56 heavy (non-hydrogen) atoms. The number of likely N-dealkylation sites (tertiary alicyclic amines) is 1. The van der Waals surface area contributed by atoms with Crippen molar-refractivity contribution < 1.29 is 33.4 Å². The van der Waals surface area contributed by atoms with Gasteiger partial charge in [-0.15, -0.1) is 6.42 Å². The molecule has 0 aliphatic carbocycles. The molecule has 1 aromatic carbocycles. The van der Waals surface area contributed by atoms with Crippen LogP contribution >= 0.6 is 0 Å². The first-order valence-electron chi connectivity index (χ1n) is 19.8. The Balaban J connectivity index is 2.23. The van der Waals surface area contributed by atoms with Crippen LogP contribution in [0.15, 0.2) is 24.3 Å². The molecule has 0 aromatic heterocycles. The molecule has 0 saturated carbocycles. The fourth-order valence-electron chi connectivity index (χ4n) is 7.79. The van der Waals surface area contributed by atoms with Gasteiger partial charge in [0, 0.05) is 40.0 Å². The summed E-state index contributed by atoms with van der Waals surface area (Å²) in [5.74, 6) is -0.286. The maximum absolute atomic E-state index is 14.2. The number of likely N-dealkylation sites (N-methyl/N-ethyl adjacent to an activating group) is 2. The summed E-state index contributed by atoms with van der Waals surface area (Å²) in [6.07, 6.45) is 6.32. The third-order valence-corrected chi connectivity index (χ3v) is 11.1. The molecule has 2 rings (SSSR count). The minimum Gasteiger partial charge on any atom is -0.399 e. The average Bonchev–Trinajstić information content (AvgIpc) is 3.64. The van der Waals surface area contributed by atoms with Gasteiger partial charge in [-0.2, -0.15) is 0 Å². The number of nitrogens with one attached hydrogen (secondary N) is 3. The number of hydrogen-bond acceptors (Lipinski definition) is 9. The first-order chi connectivity index (χ1) is 26.3. The van der Waals surface area contributed by atoms with E-state index in [2.05, 4.69) is 21.9 Å². The number of nitrogen functional groups attached to an aromatic ring is 1. The highest BCUT2D eigenvalue weighted by atomic mass is 16.5. The number of methoxy groups -OCH3 is 2. The maximum Gasteiger partial charge on any atom is 0.255 e. The molecule has 1 fully saturated rings. The van der Waals surface area contributed by atoms with Gasteiger partial charge in [-0.25, -0.2) is 0 Å². The molecule has 5 amide bonds. The second kappa shape index (κ2) is 22.5. The number of nitrogens with zero attached hydrogens (tertiary/aromatic N) is 3. The predicted molar refractivity (Wildman–Crippen MR) is 219 cm³/mol. The molecule has 1 heterocycles. The fourth-order valence-corrected chi connectivity index (χ4v) is 7.79. The van der Waals surface area contributed by atoms with Gasteiger partial charge in [-0.1, -0.05) is 72.9 Å². The van der Waals surface area contributed by atoms with E-state index < -0.39 is 60.1 Å². The van der Waals surface area contributed by atoms with Gasteiger partial charge in [0.2, 0.25) is 23.6 Å². The summed E-state index contributed by atoms with van der Waals surface area (Å²) in [4.78, 5) is 73.5. The van der Waals surface area contributed by atoms with Crippen molar-refractivity contribution in [1.29, 1.82) is 0 Å². The standard InChI is InChI=1S/C42H69N7O7/c1-14-27(7)37(48(11)42(54)35(25(3)4)46-41(53)36(26(5)6)47(9)10)33(55-12)23-34(50)49-22-16-17-32(49)38(56-13)28(8)39(51)45-31(15-2)40(52)44-24-29-18-20-30(43)21-19-29/h2,18-21,25-28,31-33,35-38H,14,16-17,22-24,43H2,1,3-13H3,(H,44,52)(H,45,51)(H,46,53)/t27-,28+,31?,32-,33+,35-,36-,37-,38+/m0/s1. The molecule has 14 heteroatoms. The second-order valence-corrected chi connectivity index (χ2v) is 16.0. The van der Waals surface area contributed by atoms with Crippen molar-refractivity contribution in [3.05, 3.63) is 29.8 Å². The van der Waals surface area contributed by atoms with E-state index >= 15 is 0 Å². The largest absolute Gasteiger partial charge is 0.399 e. The number of nitrogens with two attached hydrogens (primary N) is 1. The van der Waals surface area contributed by atoms with E-state index in [1.165, 1.54) is 14.2 Å². The van der Waals surface area contributed by atoms with Crippen molar-refractivity contribution >= 4 is 35.2 Å². The Labute approximate surface area is 335 Å². The van der Waals surface area contributed by atoms with E-state index in [1.807, 2.05) is 60.5 Å². The molecule has 0 bridgehead atoms. The monoisotopic (exact) mass is 784 g/mol. The number of carbonyl (C=O) groups excluding carboxylic acids is 5. The number of amides is 5. The summed E-state index contributed by atoms with van der Waals surface area (Å²) < 4.78 is 11.9. The van der Waals surface area contributed by atoms with Crippen molar-refractivity contribution in [3.63, 3.8) is 0 Å². The van der Waals surface area contributed by atoms with Crippen LogP contribution in [0.3, 0.4) is 0 Å². The van der Waals surface area contributed by atoms with E-state index in [0.29, 0.717) is 31.5 Å². The van der Waals surface area contributed by atoms with Crippen molar-refractivity contribution in [2.75, 3.05) is 47.6 Å². The Kier molecular flexibility index (Phi) is 19.3. The third-order valence-electron chi connectivity index (χ3n) is 11.1. The number of anilines is 1. The average molecular weight is 784 g/mol. The third kappa shape index (κ3) is 12.7. The summed E-state index contributed by atoms with van der Waals surface area (Å²) in [6, 6.07) is 3.71. The Morgan fingerprint density at radius 2 is 1.55 bits per heavy atom. The van der Waals surface area contributed by atoms with Crippen LogP contribution in [-0.4, -0.2) is 129 Å². The highest BCUT2D eigenvalue weighted by Crippen LogP contribution is 2.30. The molecule has 1 aliphatic heterocycles. The highest BCUT2D eigenvalue weighted by Gasteiger charge is 2.43. The Morgan fingerprint density at radius 1 is 0.929 bits per heavy atom. The van der Waals surface area contributed by atoms with E-state index in [1.54, 1.807) is 48.0 Å². The molecule has 314 valence electrons.